The number of halogens is 3. The molecule has 2 N–H and O–H groups in total. The molecule has 116 valence electrons. The number of carbonyl (C=O) groups is 1. The third-order valence-corrected chi connectivity index (χ3v) is 3.89. The van der Waals surface area contributed by atoms with Crippen LogP contribution in [0.25, 0.3) is 0 Å². The lowest BCUT2D eigenvalue weighted by molar-refractivity contribution is -0.115. The van der Waals surface area contributed by atoms with Gasteiger partial charge in [-0.25, -0.2) is 4.98 Å². The second-order valence-electron chi connectivity index (χ2n) is 4.66. The molecule has 0 spiro atoms. The van der Waals surface area contributed by atoms with Gasteiger partial charge in [-0.3, -0.25) is 4.79 Å². The van der Waals surface area contributed by atoms with E-state index < -0.39 is 0 Å². The monoisotopic (exact) mass is 357 g/mol. The average molecular weight is 359 g/mol. The number of hydrogen-bond acceptors (Lipinski definition) is 3. The highest BCUT2D eigenvalue weighted by Gasteiger charge is 2.12. The first-order valence-electron chi connectivity index (χ1n) is 6.56. The van der Waals surface area contributed by atoms with Gasteiger partial charge in [0.2, 0.25) is 5.91 Å². The summed E-state index contributed by atoms with van der Waals surface area (Å²) in [5.74, 6) is -0.216. The molecule has 22 heavy (non-hydrogen) atoms. The zero-order chi connectivity index (χ0) is 16.1. The molecule has 0 aliphatic heterocycles. The number of hydrogen-bond donors (Lipinski definition) is 2. The highest BCUT2D eigenvalue weighted by atomic mass is 35.5. The summed E-state index contributed by atoms with van der Waals surface area (Å²) >= 11 is 17.9. The van der Waals surface area contributed by atoms with Crippen molar-refractivity contribution in [2.75, 3.05) is 11.9 Å². The molecule has 1 unspecified atom stereocenters. The molecule has 0 saturated carbocycles. The van der Waals surface area contributed by atoms with E-state index in [0.29, 0.717) is 15.7 Å². The lowest BCUT2D eigenvalue weighted by Crippen LogP contribution is -2.30. The summed E-state index contributed by atoms with van der Waals surface area (Å²) in [4.78, 5) is 15.8. The molecule has 1 aromatic carbocycles. The minimum atomic E-state index is -0.216. The molecule has 0 radical (unpaired) electrons. The van der Waals surface area contributed by atoms with Crippen molar-refractivity contribution in [1.82, 2.24) is 10.3 Å². The summed E-state index contributed by atoms with van der Waals surface area (Å²) < 4.78 is 0. The summed E-state index contributed by atoms with van der Waals surface area (Å²) in [7, 11) is 0. The molecule has 0 aliphatic carbocycles. The Balaban J connectivity index is 1.92. The Morgan fingerprint density at radius 3 is 2.73 bits per heavy atom. The minimum absolute atomic E-state index is 0.0973. The topological polar surface area (TPSA) is 54.0 Å². The molecule has 4 nitrogen and oxygen atoms in total. The Labute approximate surface area is 143 Å². The highest BCUT2D eigenvalue weighted by Crippen LogP contribution is 2.26. The van der Waals surface area contributed by atoms with Crippen LogP contribution in [0, 0.1) is 0 Å². The predicted octanol–water partition coefficient (Wildman–Crippen LogP) is 4.33. The molecular formula is C15H14Cl3N3O. The fourth-order valence-corrected chi connectivity index (χ4v) is 2.62. The number of rotatable bonds is 5. The number of nitrogens with one attached hydrogen (secondary N) is 2. The van der Waals surface area contributed by atoms with Gasteiger partial charge in [0.05, 0.1) is 12.2 Å². The first-order valence-corrected chi connectivity index (χ1v) is 7.69. The van der Waals surface area contributed by atoms with Crippen LogP contribution in [-0.4, -0.2) is 17.4 Å². The maximum atomic E-state index is 11.9. The number of nitrogens with zero attached hydrogens (tertiary/aromatic N) is 1. The number of carbonyl (C=O) groups excluding carboxylic acids is 1. The molecule has 0 saturated heterocycles. The van der Waals surface area contributed by atoms with Crippen LogP contribution in [0.5, 0.6) is 0 Å². The quantitative estimate of drug-likeness (QED) is 0.782. The van der Waals surface area contributed by atoms with E-state index in [1.54, 1.807) is 30.5 Å². The largest absolute Gasteiger partial charge is 0.322 e. The highest BCUT2D eigenvalue weighted by molar-refractivity contribution is 6.35. The number of benzene rings is 1. The van der Waals surface area contributed by atoms with Crippen LogP contribution in [0.2, 0.25) is 15.2 Å². The second-order valence-corrected chi connectivity index (χ2v) is 5.86. The molecule has 7 heteroatoms. The molecule has 1 heterocycles. The lowest BCUT2D eigenvalue weighted by Gasteiger charge is -2.16. The van der Waals surface area contributed by atoms with Gasteiger partial charge in [-0.05, 0) is 36.8 Å². The zero-order valence-corrected chi connectivity index (χ0v) is 14.0. The van der Waals surface area contributed by atoms with Gasteiger partial charge in [-0.15, -0.1) is 0 Å². The summed E-state index contributed by atoms with van der Waals surface area (Å²) in [6.07, 6.45) is 1.56. The zero-order valence-electron chi connectivity index (χ0n) is 11.7. The molecule has 1 aromatic heterocycles. The van der Waals surface area contributed by atoms with E-state index in [-0.39, 0.29) is 23.6 Å². The standard InChI is InChI=1S/C15H14Cl3N3O/c1-9(11-5-4-10(16)7-12(11)17)20-8-14(22)21-13-3-2-6-19-15(13)18/h2-7,9,20H,8H2,1H3,(H,21,22). The van der Waals surface area contributed by atoms with Gasteiger partial charge in [0.15, 0.2) is 5.15 Å². The molecular weight excluding hydrogens is 345 g/mol. The van der Waals surface area contributed by atoms with Crippen molar-refractivity contribution in [2.24, 2.45) is 0 Å². The second kappa shape index (κ2) is 7.79. The van der Waals surface area contributed by atoms with Crippen LogP contribution >= 0.6 is 34.8 Å². The van der Waals surface area contributed by atoms with E-state index in [1.165, 1.54) is 0 Å². The molecule has 0 aliphatic rings. The summed E-state index contributed by atoms with van der Waals surface area (Å²) in [5.41, 5.74) is 1.35. The average Bonchev–Trinajstić information content (AvgIpc) is 2.47. The fraction of sp³-hybridized carbons (Fsp3) is 0.200. The van der Waals surface area contributed by atoms with Crippen LogP contribution in [0.15, 0.2) is 36.5 Å². The molecule has 1 atom stereocenters. The van der Waals surface area contributed by atoms with Crippen molar-refractivity contribution in [3.8, 4) is 0 Å². The maximum Gasteiger partial charge on any atom is 0.238 e. The number of aromatic nitrogens is 1. The van der Waals surface area contributed by atoms with Crippen molar-refractivity contribution in [3.05, 3.63) is 57.3 Å². The van der Waals surface area contributed by atoms with Crippen molar-refractivity contribution >= 4 is 46.4 Å². The molecule has 2 rings (SSSR count). The van der Waals surface area contributed by atoms with Gasteiger partial charge >= 0.3 is 0 Å². The predicted molar refractivity (Wildman–Crippen MR) is 90.8 cm³/mol. The van der Waals surface area contributed by atoms with Gasteiger partial charge in [-0.1, -0.05) is 40.9 Å². The van der Waals surface area contributed by atoms with Crippen molar-refractivity contribution < 1.29 is 4.79 Å². The number of pyridine rings is 1. The van der Waals surface area contributed by atoms with Crippen molar-refractivity contribution in [2.45, 2.75) is 13.0 Å². The third-order valence-electron chi connectivity index (χ3n) is 3.03. The first-order chi connectivity index (χ1) is 10.5. The maximum absolute atomic E-state index is 11.9. The SMILES string of the molecule is CC(NCC(=O)Nc1cccnc1Cl)c1ccc(Cl)cc1Cl. The Kier molecular flexibility index (Phi) is 6.03. The molecule has 0 fully saturated rings. The van der Waals surface area contributed by atoms with Crippen LogP contribution in [0.3, 0.4) is 0 Å². The lowest BCUT2D eigenvalue weighted by atomic mass is 10.1. The van der Waals surface area contributed by atoms with E-state index in [2.05, 4.69) is 15.6 Å². The van der Waals surface area contributed by atoms with E-state index in [4.69, 9.17) is 34.8 Å². The van der Waals surface area contributed by atoms with Crippen molar-refractivity contribution in [1.29, 1.82) is 0 Å². The fourth-order valence-electron chi connectivity index (χ4n) is 1.88. The van der Waals surface area contributed by atoms with E-state index in [0.717, 1.165) is 5.56 Å². The van der Waals surface area contributed by atoms with Crippen molar-refractivity contribution in [3.63, 3.8) is 0 Å². The van der Waals surface area contributed by atoms with Gasteiger partial charge < -0.3 is 10.6 Å². The normalized spacial score (nSPS) is 12.0. The van der Waals surface area contributed by atoms with Gasteiger partial charge in [0.25, 0.3) is 0 Å². The van der Waals surface area contributed by atoms with Gasteiger partial charge in [0, 0.05) is 22.3 Å². The third kappa shape index (κ3) is 4.58. The van der Waals surface area contributed by atoms with E-state index in [9.17, 15) is 4.79 Å². The first kappa shape index (κ1) is 17.0. The van der Waals surface area contributed by atoms with Gasteiger partial charge in [0.1, 0.15) is 0 Å². The minimum Gasteiger partial charge on any atom is -0.322 e. The Morgan fingerprint density at radius 1 is 1.27 bits per heavy atom. The van der Waals surface area contributed by atoms with E-state index >= 15 is 0 Å². The van der Waals surface area contributed by atoms with E-state index in [1.807, 2.05) is 13.0 Å². The van der Waals surface area contributed by atoms with Crippen LogP contribution in [0.1, 0.15) is 18.5 Å². The molecule has 0 bridgehead atoms. The molecule has 1 amide bonds. The molecule has 2 aromatic rings. The van der Waals surface area contributed by atoms with Crippen LogP contribution in [0.4, 0.5) is 5.69 Å². The number of anilines is 1. The van der Waals surface area contributed by atoms with Crippen LogP contribution < -0.4 is 10.6 Å². The summed E-state index contributed by atoms with van der Waals surface area (Å²) in [5, 5.41) is 7.17. The summed E-state index contributed by atoms with van der Waals surface area (Å²) in [6.45, 7) is 2.03. The Hall–Kier alpha value is -1.33. The number of amides is 1. The Morgan fingerprint density at radius 2 is 2.05 bits per heavy atom. The Bertz CT molecular complexity index is 679. The van der Waals surface area contributed by atoms with Gasteiger partial charge in [-0.2, -0.15) is 0 Å². The smallest absolute Gasteiger partial charge is 0.238 e. The van der Waals surface area contributed by atoms with Crippen LogP contribution in [-0.2, 0) is 4.79 Å². The summed E-state index contributed by atoms with van der Waals surface area (Å²) in [6, 6.07) is 8.55.